The summed E-state index contributed by atoms with van der Waals surface area (Å²) in [5.41, 5.74) is 4.00. The molecule has 1 atom stereocenters. The summed E-state index contributed by atoms with van der Waals surface area (Å²) in [6.07, 6.45) is -0.674. The van der Waals surface area contributed by atoms with E-state index in [-0.39, 0.29) is 18.2 Å². The van der Waals surface area contributed by atoms with Gasteiger partial charge >= 0.3 is 0 Å². The van der Waals surface area contributed by atoms with Gasteiger partial charge in [-0.05, 0) is 44.9 Å². The number of nitrogens with one attached hydrogen (secondary N) is 1. The van der Waals surface area contributed by atoms with E-state index < -0.39 is 6.10 Å². The van der Waals surface area contributed by atoms with Crippen LogP contribution in [0.2, 0.25) is 0 Å². The second kappa shape index (κ2) is 10.5. The number of benzene rings is 2. The third kappa shape index (κ3) is 5.55. The van der Waals surface area contributed by atoms with E-state index in [4.69, 9.17) is 9.72 Å². The van der Waals surface area contributed by atoms with Gasteiger partial charge in [0.05, 0.1) is 11.9 Å². The van der Waals surface area contributed by atoms with E-state index in [9.17, 15) is 9.90 Å². The van der Waals surface area contributed by atoms with Crippen molar-refractivity contribution in [3.63, 3.8) is 0 Å². The number of H-pyrrole nitrogens is 1. The molecule has 0 bridgehead atoms. The molecular formula is C27H31N3O3S. The SMILES string of the molecule is Cc1ccc(-c2csc3nc(CN(C[C@@H](O)COc4ccccc4C)C(C)C)[nH]c(=O)c23)cc1. The number of thiophene rings is 1. The molecule has 4 aromatic rings. The number of hydrogen-bond acceptors (Lipinski definition) is 6. The summed E-state index contributed by atoms with van der Waals surface area (Å²) in [5, 5.41) is 13.2. The minimum absolute atomic E-state index is 0.135. The summed E-state index contributed by atoms with van der Waals surface area (Å²) in [4.78, 5) is 23.5. The number of para-hydroxylation sites is 1. The molecule has 2 N–H and O–H groups in total. The number of fused-ring (bicyclic) bond motifs is 1. The smallest absolute Gasteiger partial charge is 0.260 e. The summed E-state index contributed by atoms with van der Waals surface area (Å²) in [7, 11) is 0. The molecule has 0 fully saturated rings. The Morgan fingerprint density at radius 1 is 1.12 bits per heavy atom. The molecule has 0 aliphatic rings. The van der Waals surface area contributed by atoms with E-state index in [0.29, 0.717) is 24.3 Å². The molecule has 0 aliphatic heterocycles. The predicted molar refractivity (Wildman–Crippen MR) is 139 cm³/mol. The number of hydrogen-bond donors (Lipinski definition) is 2. The van der Waals surface area contributed by atoms with Crippen LogP contribution >= 0.6 is 11.3 Å². The van der Waals surface area contributed by atoms with Crippen LogP contribution in [0.1, 0.15) is 30.8 Å². The second-order valence-electron chi connectivity index (χ2n) is 8.96. The van der Waals surface area contributed by atoms with E-state index in [0.717, 1.165) is 27.3 Å². The lowest BCUT2D eigenvalue weighted by Crippen LogP contribution is -2.40. The van der Waals surface area contributed by atoms with Crippen LogP contribution in [0.4, 0.5) is 0 Å². The molecule has 0 saturated carbocycles. The maximum atomic E-state index is 13.0. The Morgan fingerprint density at radius 2 is 1.85 bits per heavy atom. The summed E-state index contributed by atoms with van der Waals surface area (Å²) >= 11 is 1.48. The third-order valence-corrected chi connectivity index (χ3v) is 6.78. The van der Waals surface area contributed by atoms with E-state index in [1.54, 1.807) is 0 Å². The highest BCUT2D eigenvalue weighted by atomic mass is 32.1. The monoisotopic (exact) mass is 477 g/mol. The molecule has 0 radical (unpaired) electrons. The molecular weight excluding hydrogens is 446 g/mol. The van der Waals surface area contributed by atoms with Crippen LogP contribution in [0.25, 0.3) is 21.3 Å². The predicted octanol–water partition coefficient (Wildman–Crippen LogP) is 4.92. The standard InChI is InChI=1S/C27H31N3O3S/c1-17(2)30(13-21(31)15-33-23-8-6-5-7-19(23)4)14-24-28-26(32)25-22(16-34-27(25)29-24)20-11-9-18(3)10-12-20/h5-12,16-17,21,31H,13-15H2,1-4H3,(H,28,29,32)/t21-/m1/s1. The molecule has 0 aliphatic carbocycles. The number of nitrogens with zero attached hydrogens (tertiary/aromatic N) is 2. The van der Waals surface area contributed by atoms with Crippen molar-refractivity contribution in [2.24, 2.45) is 0 Å². The number of rotatable bonds is 9. The first-order chi connectivity index (χ1) is 16.3. The van der Waals surface area contributed by atoms with Gasteiger partial charge in [-0.1, -0.05) is 48.0 Å². The van der Waals surface area contributed by atoms with E-state index in [2.05, 4.69) is 23.7 Å². The maximum Gasteiger partial charge on any atom is 0.260 e. The van der Waals surface area contributed by atoms with Gasteiger partial charge in [0.15, 0.2) is 0 Å². The van der Waals surface area contributed by atoms with Gasteiger partial charge in [0.25, 0.3) is 5.56 Å². The Morgan fingerprint density at radius 3 is 2.56 bits per heavy atom. The van der Waals surface area contributed by atoms with E-state index in [1.807, 2.05) is 67.8 Å². The zero-order chi connectivity index (χ0) is 24.2. The Hall–Kier alpha value is -3.00. The summed E-state index contributed by atoms with van der Waals surface area (Å²) in [6, 6.07) is 16.1. The average Bonchev–Trinajstić information content (AvgIpc) is 3.23. The van der Waals surface area contributed by atoms with E-state index in [1.165, 1.54) is 16.9 Å². The molecule has 7 heteroatoms. The fourth-order valence-corrected chi connectivity index (χ4v) is 4.86. The third-order valence-electron chi connectivity index (χ3n) is 5.91. The number of ether oxygens (including phenoxy) is 1. The lowest BCUT2D eigenvalue weighted by molar-refractivity contribution is 0.0531. The second-order valence-corrected chi connectivity index (χ2v) is 9.82. The van der Waals surface area contributed by atoms with Crippen molar-refractivity contribution >= 4 is 21.6 Å². The van der Waals surface area contributed by atoms with Gasteiger partial charge in [0.2, 0.25) is 0 Å². The molecule has 0 saturated heterocycles. The summed E-state index contributed by atoms with van der Waals surface area (Å²) in [6.45, 7) is 9.18. The van der Waals surface area contributed by atoms with Gasteiger partial charge in [-0.25, -0.2) is 4.98 Å². The van der Waals surface area contributed by atoms with Crippen LogP contribution in [-0.2, 0) is 6.54 Å². The van der Waals surface area contributed by atoms with Crippen LogP contribution < -0.4 is 10.3 Å². The lowest BCUT2D eigenvalue weighted by Gasteiger charge is -2.28. The molecule has 178 valence electrons. The molecule has 0 unspecified atom stereocenters. The first-order valence-electron chi connectivity index (χ1n) is 11.5. The van der Waals surface area contributed by atoms with Crippen molar-refractivity contribution in [2.75, 3.05) is 13.2 Å². The molecule has 2 aromatic heterocycles. The largest absolute Gasteiger partial charge is 0.491 e. The number of aromatic amines is 1. The molecule has 0 spiro atoms. The number of aliphatic hydroxyl groups excluding tert-OH is 1. The highest BCUT2D eigenvalue weighted by Crippen LogP contribution is 2.31. The van der Waals surface area contributed by atoms with Crippen molar-refractivity contribution in [3.8, 4) is 16.9 Å². The highest BCUT2D eigenvalue weighted by Gasteiger charge is 2.19. The summed E-state index contributed by atoms with van der Waals surface area (Å²) in [5.74, 6) is 1.37. The van der Waals surface area contributed by atoms with Crippen molar-refractivity contribution in [1.82, 2.24) is 14.9 Å². The van der Waals surface area contributed by atoms with Gasteiger partial charge < -0.3 is 14.8 Å². The van der Waals surface area contributed by atoms with Gasteiger partial charge in [-0.3, -0.25) is 9.69 Å². The van der Waals surface area contributed by atoms with Gasteiger partial charge in [0.1, 0.15) is 29.1 Å². The lowest BCUT2D eigenvalue weighted by atomic mass is 10.1. The minimum Gasteiger partial charge on any atom is -0.491 e. The van der Waals surface area contributed by atoms with Crippen LogP contribution in [0.15, 0.2) is 58.7 Å². The molecule has 2 aromatic carbocycles. The Balaban J connectivity index is 1.48. The average molecular weight is 478 g/mol. The fourth-order valence-electron chi connectivity index (χ4n) is 3.89. The molecule has 6 nitrogen and oxygen atoms in total. The quantitative estimate of drug-likeness (QED) is 0.358. The highest BCUT2D eigenvalue weighted by molar-refractivity contribution is 7.17. The van der Waals surface area contributed by atoms with Crippen molar-refractivity contribution in [3.05, 3.63) is 81.2 Å². The molecule has 4 rings (SSSR count). The summed E-state index contributed by atoms with van der Waals surface area (Å²) < 4.78 is 5.81. The first-order valence-corrected chi connectivity index (χ1v) is 12.4. The van der Waals surface area contributed by atoms with Crippen LogP contribution in [0, 0.1) is 13.8 Å². The van der Waals surface area contributed by atoms with Gasteiger partial charge in [-0.2, -0.15) is 0 Å². The maximum absolute atomic E-state index is 13.0. The van der Waals surface area contributed by atoms with Crippen molar-refractivity contribution in [1.29, 1.82) is 0 Å². The molecule has 0 amide bonds. The molecule has 34 heavy (non-hydrogen) atoms. The first kappa shape index (κ1) is 24.1. The number of aryl methyl sites for hydroxylation is 2. The van der Waals surface area contributed by atoms with Crippen LogP contribution in [0.3, 0.4) is 0 Å². The van der Waals surface area contributed by atoms with Gasteiger partial charge in [0, 0.05) is 23.5 Å². The van der Waals surface area contributed by atoms with Gasteiger partial charge in [-0.15, -0.1) is 11.3 Å². The normalized spacial score (nSPS) is 12.6. The van der Waals surface area contributed by atoms with E-state index >= 15 is 0 Å². The van der Waals surface area contributed by atoms with Crippen LogP contribution in [-0.4, -0.2) is 45.3 Å². The topological polar surface area (TPSA) is 78.5 Å². The Kier molecular flexibility index (Phi) is 7.46. The Labute approximate surface area is 203 Å². The minimum atomic E-state index is -0.674. The fraction of sp³-hybridized carbons (Fsp3) is 0.333. The van der Waals surface area contributed by atoms with Crippen molar-refractivity contribution in [2.45, 2.75) is 46.4 Å². The number of aromatic nitrogens is 2. The van der Waals surface area contributed by atoms with Crippen LogP contribution in [0.5, 0.6) is 5.75 Å². The molecule has 2 heterocycles. The number of aliphatic hydroxyl groups is 1. The Bertz CT molecular complexity index is 1310. The zero-order valence-corrected chi connectivity index (χ0v) is 20.9. The van der Waals surface area contributed by atoms with Crippen molar-refractivity contribution < 1.29 is 9.84 Å². The zero-order valence-electron chi connectivity index (χ0n) is 20.0.